The first kappa shape index (κ1) is 16.5. The smallest absolute Gasteiger partial charge is 0.322 e. The Balaban J connectivity index is 1.82. The third-order valence-corrected chi connectivity index (χ3v) is 4.41. The number of hydrogen-bond donors (Lipinski definition) is 2. The van der Waals surface area contributed by atoms with E-state index in [1.165, 1.54) is 11.6 Å². The lowest BCUT2D eigenvalue weighted by atomic mass is 10.1. The average Bonchev–Trinajstić information content (AvgIpc) is 3.01. The predicted molar refractivity (Wildman–Crippen MR) is 91.3 cm³/mol. The summed E-state index contributed by atoms with van der Waals surface area (Å²) in [4.78, 5) is 14.4. The Kier molecular flexibility index (Phi) is 5.11. The zero-order valence-corrected chi connectivity index (χ0v) is 13.4. The van der Waals surface area contributed by atoms with Crippen LogP contribution in [-0.2, 0) is 6.42 Å². The molecule has 3 rings (SSSR count). The minimum atomic E-state index is -0.459. The Bertz CT molecular complexity index is 720. The number of carbonyl (C=O) groups excluding carboxylic acids is 1. The number of nitrogens with one attached hydrogen (secondary N) is 1. The van der Waals surface area contributed by atoms with E-state index in [-0.39, 0.29) is 24.4 Å². The van der Waals surface area contributed by atoms with Crippen molar-refractivity contribution >= 4 is 11.7 Å². The molecule has 1 aliphatic carbocycles. The highest BCUT2D eigenvalue weighted by Crippen LogP contribution is 2.36. The van der Waals surface area contributed by atoms with E-state index in [1.807, 2.05) is 18.2 Å². The molecule has 0 bridgehead atoms. The molecule has 1 unspecified atom stereocenters. The van der Waals surface area contributed by atoms with Crippen LogP contribution in [0.1, 0.15) is 30.0 Å². The molecule has 0 spiro atoms. The van der Waals surface area contributed by atoms with E-state index >= 15 is 0 Å². The third-order valence-electron chi connectivity index (χ3n) is 4.41. The minimum absolute atomic E-state index is 0.0118. The molecule has 0 saturated heterocycles. The summed E-state index contributed by atoms with van der Waals surface area (Å²) in [6.45, 7) is 0.438. The SMILES string of the molecule is O=C(Nc1ccccc1F)N(CCCO)C1CCc2ccccc21. The molecule has 2 aromatic carbocycles. The fraction of sp³-hybridized carbons (Fsp3) is 0.316. The summed E-state index contributed by atoms with van der Waals surface area (Å²) in [6.07, 6.45) is 2.25. The van der Waals surface area contributed by atoms with Crippen molar-refractivity contribution in [3.05, 3.63) is 65.5 Å². The second-order valence-electron chi connectivity index (χ2n) is 5.93. The van der Waals surface area contributed by atoms with Crippen LogP contribution < -0.4 is 5.32 Å². The first-order chi connectivity index (χ1) is 11.7. The second kappa shape index (κ2) is 7.45. The second-order valence-corrected chi connectivity index (χ2v) is 5.93. The van der Waals surface area contributed by atoms with Gasteiger partial charge in [0, 0.05) is 13.2 Å². The molecule has 0 aliphatic heterocycles. The Morgan fingerprint density at radius 3 is 2.75 bits per heavy atom. The summed E-state index contributed by atoms with van der Waals surface area (Å²) in [5.74, 6) is -0.459. The maximum atomic E-state index is 13.8. The van der Waals surface area contributed by atoms with Gasteiger partial charge in [0.05, 0.1) is 11.7 Å². The number of fused-ring (bicyclic) bond motifs is 1. The van der Waals surface area contributed by atoms with Crippen molar-refractivity contribution in [3.8, 4) is 0 Å². The van der Waals surface area contributed by atoms with Crippen molar-refractivity contribution in [2.75, 3.05) is 18.5 Å². The van der Waals surface area contributed by atoms with Crippen LogP contribution >= 0.6 is 0 Å². The summed E-state index contributed by atoms with van der Waals surface area (Å²) in [5, 5.41) is 11.8. The van der Waals surface area contributed by atoms with Crippen molar-refractivity contribution < 1.29 is 14.3 Å². The van der Waals surface area contributed by atoms with Gasteiger partial charge >= 0.3 is 6.03 Å². The highest BCUT2D eigenvalue weighted by molar-refractivity contribution is 5.89. The largest absolute Gasteiger partial charge is 0.396 e. The lowest BCUT2D eigenvalue weighted by molar-refractivity contribution is 0.177. The molecular formula is C19H21FN2O2. The van der Waals surface area contributed by atoms with Crippen molar-refractivity contribution in [2.24, 2.45) is 0 Å². The van der Waals surface area contributed by atoms with E-state index < -0.39 is 5.82 Å². The van der Waals surface area contributed by atoms with Gasteiger partial charge in [-0.3, -0.25) is 0 Å². The number of urea groups is 1. The van der Waals surface area contributed by atoms with Gasteiger partial charge in [0.2, 0.25) is 0 Å². The van der Waals surface area contributed by atoms with Gasteiger partial charge < -0.3 is 15.3 Å². The molecule has 0 saturated carbocycles. The first-order valence-corrected chi connectivity index (χ1v) is 8.21. The lowest BCUT2D eigenvalue weighted by Gasteiger charge is -2.30. The van der Waals surface area contributed by atoms with Gasteiger partial charge in [-0.1, -0.05) is 36.4 Å². The van der Waals surface area contributed by atoms with Crippen LogP contribution in [-0.4, -0.2) is 29.2 Å². The molecule has 24 heavy (non-hydrogen) atoms. The van der Waals surface area contributed by atoms with E-state index in [4.69, 9.17) is 5.11 Å². The summed E-state index contributed by atoms with van der Waals surface area (Å²) in [5.41, 5.74) is 2.55. The molecule has 1 atom stereocenters. The molecule has 0 radical (unpaired) electrons. The number of aliphatic hydroxyl groups is 1. The molecule has 0 aromatic heterocycles. The summed E-state index contributed by atoms with van der Waals surface area (Å²) in [7, 11) is 0. The lowest BCUT2D eigenvalue weighted by Crippen LogP contribution is -2.38. The standard InChI is InChI=1S/C19H21FN2O2/c20-16-8-3-4-9-17(16)21-19(24)22(12-5-13-23)18-11-10-14-6-1-2-7-15(14)18/h1-4,6-9,18,23H,5,10-13H2,(H,21,24). The summed E-state index contributed by atoms with van der Waals surface area (Å²) >= 11 is 0. The van der Waals surface area contributed by atoms with E-state index in [2.05, 4.69) is 11.4 Å². The molecule has 2 amide bonds. The predicted octanol–water partition coefficient (Wildman–Crippen LogP) is 3.73. The highest BCUT2D eigenvalue weighted by atomic mass is 19.1. The molecule has 2 N–H and O–H groups in total. The normalized spacial score (nSPS) is 15.8. The van der Waals surface area contributed by atoms with Crippen LogP contribution in [0.5, 0.6) is 0 Å². The number of amides is 2. The van der Waals surface area contributed by atoms with Gasteiger partial charge in [0.1, 0.15) is 5.82 Å². The molecule has 0 fully saturated rings. The quantitative estimate of drug-likeness (QED) is 0.879. The van der Waals surface area contributed by atoms with Crippen molar-refractivity contribution in [1.29, 1.82) is 0 Å². The Labute approximate surface area is 140 Å². The van der Waals surface area contributed by atoms with Gasteiger partial charge in [0.25, 0.3) is 0 Å². The van der Waals surface area contributed by atoms with Gasteiger partial charge in [-0.25, -0.2) is 9.18 Å². The number of carbonyl (C=O) groups is 1. The topological polar surface area (TPSA) is 52.6 Å². The molecule has 2 aromatic rings. The number of aryl methyl sites for hydroxylation is 1. The van der Waals surface area contributed by atoms with E-state index in [9.17, 15) is 9.18 Å². The maximum Gasteiger partial charge on any atom is 0.322 e. The Morgan fingerprint density at radius 2 is 1.96 bits per heavy atom. The highest BCUT2D eigenvalue weighted by Gasteiger charge is 2.30. The van der Waals surface area contributed by atoms with Crippen LogP contribution in [0.4, 0.5) is 14.9 Å². The number of para-hydroxylation sites is 1. The molecule has 5 heteroatoms. The molecular weight excluding hydrogens is 307 g/mol. The van der Waals surface area contributed by atoms with E-state index in [1.54, 1.807) is 23.1 Å². The van der Waals surface area contributed by atoms with Crippen molar-refractivity contribution in [2.45, 2.75) is 25.3 Å². The number of halogens is 1. The molecule has 126 valence electrons. The summed E-state index contributed by atoms with van der Waals surface area (Å²) < 4.78 is 13.8. The van der Waals surface area contributed by atoms with Crippen LogP contribution in [0.15, 0.2) is 48.5 Å². The number of benzene rings is 2. The van der Waals surface area contributed by atoms with Gasteiger partial charge in [0.15, 0.2) is 0 Å². The Hall–Kier alpha value is -2.40. The molecule has 1 aliphatic rings. The van der Waals surface area contributed by atoms with E-state index in [0.29, 0.717) is 13.0 Å². The van der Waals surface area contributed by atoms with Crippen LogP contribution in [0, 0.1) is 5.82 Å². The first-order valence-electron chi connectivity index (χ1n) is 8.21. The van der Waals surface area contributed by atoms with Gasteiger partial charge in [-0.15, -0.1) is 0 Å². The number of hydrogen-bond acceptors (Lipinski definition) is 2. The van der Waals surface area contributed by atoms with Gasteiger partial charge in [-0.2, -0.15) is 0 Å². The van der Waals surface area contributed by atoms with Crippen molar-refractivity contribution in [3.63, 3.8) is 0 Å². The van der Waals surface area contributed by atoms with Crippen molar-refractivity contribution in [1.82, 2.24) is 4.90 Å². The fourth-order valence-corrected chi connectivity index (χ4v) is 3.25. The minimum Gasteiger partial charge on any atom is -0.396 e. The monoisotopic (exact) mass is 328 g/mol. The van der Waals surface area contributed by atoms with Crippen LogP contribution in [0.25, 0.3) is 0 Å². The van der Waals surface area contributed by atoms with Crippen LogP contribution in [0.2, 0.25) is 0 Å². The molecule has 0 heterocycles. The zero-order chi connectivity index (χ0) is 16.9. The third kappa shape index (κ3) is 3.41. The zero-order valence-electron chi connectivity index (χ0n) is 13.4. The van der Waals surface area contributed by atoms with Crippen LogP contribution in [0.3, 0.4) is 0 Å². The maximum absolute atomic E-state index is 13.8. The van der Waals surface area contributed by atoms with Gasteiger partial charge in [-0.05, 0) is 42.5 Å². The Morgan fingerprint density at radius 1 is 1.21 bits per heavy atom. The number of aliphatic hydroxyl groups excluding tert-OH is 1. The number of anilines is 1. The number of rotatable bonds is 5. The fourth-order valence-electron chi connectivity index (χ4n) is 3.25. The number of nitrogens with zero attached hydrogens (tertiary/aromatic N) is 1. The molecule has 4 nitrogen and oxygen atoms in total. The average molecular weight is 328 g/mol. The summed E-state index contributed by atoms with van der Waals surface area (Å²) in [6, 6.07) is 13.8. The van der Waals surface area contributed by atoms with E-state index in [0.717, 1.165) is 18.4 Å².